The number of rotatable bonds is 32. The van der Waals surface area contributed by atoms with Crippen molar-refractivity contribution in [3.05, 3.63) is 0 Å². The zero-order valence-corrected chi connectivity index (χ0v) is 29.2. The van der Waals surface area contributed by atoms with E-state index in [4.69, 9.17) is 40.8 Å². The van der Waals surface area contributed by atoms with Gasteiger partial charge in [0, 0.05) is 71.5 Å². The minimum absolute atomic E-state index is 0.175. The average molecular weight is 630 g/mol. The molecule has 0 aliphatic carbocycles. The predicted octanol–water partition coefficient (Wildman–Crippen LogP) is 4.03. The summed E-state index contributed by atoms with van der Waals surface area (Å²) in [5, 5.41) is 13.9. The van der Waals surface area contributed by atoms with Crippen molar-refractivity contribution in [1.82, 2.24) is 5.32 Å². The molecular weight excluding hydrogens is 566 g/mol. The Morgan fingerprint density at radius 1 is 0.585 bits per heavy atom. The van der Waals surface area contributed by atoms with Gasteiger partial charge in [0.05, 0.1) is 25.9 Å². The Morgan fingerprint density at radius 2 is 1.02 bits per heavy atom. The molecule has 0 aromatic carbocycles. The van der Waals surface area contributed by atoms with Crippen LogP contribution in [0.2, 0.25) is 12.1 Å². The average Bonchev–Trinajstić information content (AvgIpc) is 2.94. The van der Waals surface area contributed by atoms with Crippen molar-refractivity contribution in [3.63, 3.8) is 0 Å². The Bertz CT molecular complexity index is 534. The molecule has 0 aromatic rings. The van der Waals surface area contributed by atoms with E-state index in [-0.39, 0.29) is 19.3 Å². The van der Waals surface area contributed by atoms with E-state index in [0.717, 1.165) is 32.2 Å². The van der Waals surface area contributed by atoms with Gasteiger partial charge in [-0.05, 0) is 67.3 Å². The maximum Gasteiger partial charge on any atom is 0.501 e. The third kappa shape index (κ3) is 20.6. The van der Waals surface area contributed by atoms with Crippen LogP contribution < -0.4 is 5.32 Å². The van der Waals surface area contributed by atoms with Gasteiger partial charge in [-0.2, -0.15) is 0 Å². The summed E-state index contributed by atoms with van der Waals surface area (Å²) in [5.41, 5.74) is 0. The van der Waals surface area contributed by atoms with Crippen LogP contribution in [0.15, 0.2) is 0 Å². The van der Waals surface area contributed by atoms with Crippen molar-refractivity contribution in [3.8, 4) is 0 Å². The molecular formula is C28H63NO10Si2. The van der Waals surface area contributed by atoms with Gasteiger partial charge in [0.1, 0.15) is 6.10 Å². The normalized spacial score (nSPS) is 14.0. The lowest BCUT2D eigenvalue weighted by Gasteiger charge is -2.28. The number of hydrogen-bond acceptors (Lipinski definition) is 11. The molecule has 2 N–H and O–H groups in total. The van der Waals surface area contributed by atoms with Crippen molar-refractivity contribution in [2.75, 3.05) is 85.8 Å². The number of unbranched alkanes of at least 4 members (excludes halogenated alkanes) is 1. The molecule has 0 amide bonds. The van der Waals surface area contributed by atoms with E-state index < -0.39 is 23.7 Å². The van der Waals surface area contributed by atoms with Gasteiger partial charge in [-0.25, -0.2) is 0 Å². The van der Waals surface area contributed by atoms with E-state index in [1.54, 1.807) is 0 Å². The molecule has 0 aromatic heterocycles. The SMILES string of the molecule is CCCCNCC(COCCC[Si](OCC)(OCC)OCC)OCC(O)COCCC[Si](OCC)(OCC)OCC. The zero-order chi connectivity index (χ0) is 30.7. The smallest absolute Gasteiger partial charge is 0.388 e. The fraction of sp³-hybridized carbons (Fsp3) is 1.00. The Morgan fingerprint density at radius 3 is 1.44 bits per heavy atom. The number of nitrogens with one attached hydrogen (secondary N) is 1. The van der Waals surface area contributed by atoms with E-state index in [9.17, 15) is 5.11 Å². The molecule has 0 rings (SSSR count). The Kier molecular flexibility index (Phi) is 27.5. The second kappa shape index (κ2) is 27.5. The van der Waals surface area contributed by atoms with Gasteiger partial charge in [-0.15, -0.1) is 0 Å². The third-order valence-corrected chi connectivity index (χ3v) is 12.2. The number of aliphatic hydroxyl groups is 1. The largest absolute Gasteiger partial charge is 0.501 e. The lowest BCUT2D eigenvalue weighted by molar-refractivity contribution is -0.0673. The molecule has 0 fully saturated rings. The molecule has 41 heavy (non-hydrogen) atoms. The number of hydrogen-bond donors (Lipinski definition) is 2. The van der Waals surface area contributed by atoms with E-state index in [2.05, 4.69) is 12.2 Å². The highest BCUT2D eigenvalue weighted by molar-refractivity contribution is 6.61. The van der Waals surface area contributed by atoms with Gasteiger partial charge >= 0.3 is 17.6 Å². The van der Waals surface area contributed by atoms with E-state index in [0.29, 0.717) is 78.1 Å². The van der Waals surface area contributed by atoms with Gasteiger partial charge in [0.2, 0.25) is 0 Å². The van der Waals surface area contributed by atoms with Crippen molar-refractivity contribution in [1.29, 1.82) is 0 Å². The van der Waals surface area contributed by atoms with Gasteiger partial charge in [-0.1, -0.05) is 13.3 Å². The Balaban J connectivity index is 4.55. The summed E-state index contributed by atoms with van der Waals surface area (Å²) in [6, 6.07) is 1.39. The van der Waals surface area contributed by atoms with Crippen molar-refractivity contribution >= 4 is 17.6 Å². The van der Waals surface area contributed by atoms with Crippen LogP contribution in [0.25, 0.3) is 0 Å². The third-order valence-electron chi connectivity index (χ3n) is 5.95. The summed E-state index contributed by atoms with van der Waals surface area (Å²) in [7, 11) is -5.34. The molecule has 2 atom stereocenters. The van der Waals surface area contributed by atoms with Crippen molar-refractivity contribution in [2.45, 2.75) is 98.4 Å². The van der Waals surface area contributed by atoms with Gasteiger partial charge in [0.15, 0.2) is 0 Å². The first-order valence-corrected chi connectivity index (χ1v) is 19.8. The fourth-order valence-corrected chi connectivity index (χ4v) is 9.40. The summed E-state index contributed by atoms with van der Waals surface area (Å²) < 4.78 is 53.1. The van der Waals surface area contributed by atoms with Crippen molar-refractivity contribution in [2.24, 2.45) is 0 Å². The van der Waals surface area contributed by atoms with Crippen LogP contribution in [-0.4, -0.2) is 121 Å². The molecule has 0 aliphatic heterocycles. The molecule has 0 aliphatic rings. The second-order valence-corrected chi connectivity index (χ2v) is 15.0. The molecule has 0 saturated heterocycles. The van der Waals surface area contributed by atoms with E-state index in [1.165, 1.54) is 0 Å². The number of aliphatic hydroxyl groups excluding tert-OH is 1. The monoisotopic (exact) mass is 629 g/mol. The number of ether oxygens (including phenoxy) is 3. The van der Waals surface area contributed by atoms with E-state index >= 15 is 0 Å². The van der Waals surface area contributed by atoms with Crippen LogP contribution in [0.5, 0.6) is 0 Å². The molecule has 2 unspecified atom stereocenters. The van der Waals surface area contributed by atoms with Crippen LogP contribution in [0.1, 0.15) is 74.1 Å². The molecule has 0 bridgehead atoms. The standard InChI is InChI=1S/C28H63NO10Si2/c1-8-15-18-29-23-28(26-32-20-17-22-41(37-12-5,38-13-6)39-14-7)33-25-27(30)24-31-19-16-21-40(34-9-2,35-10-3)36-11-4/h27-30H,8-26H2,1-7H3. The van der Waals surface area contributed by atoms with Crippen LogP contribution in [0.4, 0.5) is 0 Å². The van der Waals surface area contributed by atoms with Gasteiger partial charge in [-0.3, -0.25) is 0 Å². The second-order valence-electron chi connectivity index (χ2n) is 9.49. The van der Waals surface area contributed by atoms with Crippen LogP contribution >= 0.6 is 0 Å². The highest BCUT2D eigenvalue weighted by Gasteiger charge is 2.40. The molecule has 0 radical (unpaired) electrons. The first kappa shape index (κ1) is 41.0. The lowest BCUT2D eigenvalue weighted by atomic mass is 10.3. The van der Waals surface area contributed by atoms with Crippen LogP contribution in [-0.2, 0) is 40.8 Å². The molecule has 0 heterocycles. The minimum Gasteiger partial charge on any atom is -0.388 e. The molecule has 0 spiro atoms. The quantitative estimate of drug-likeness (QED) is 0.0830. The predicted molar refractivity (Wildman–Crippen MR) is 165 cm³/mol. The zero-order valence-electron chi connectivity index (χ0n) is 27.2. The lowest BCUT2D eigenvalue weighted by Crippen LogP contribution is -2.46. The summed E-state index contributed by atoms with van der Waals surface area (Å²) in [5.74, 6) is 0. The highest BCUT2D eigenvalue weighted by Crippen LogP contribution is 2.19. The summed E-state index contributed by atoms with van der Waals surface area (Å²) in [4.78, 5) is 0. The highest BCUT2D eigenvalue weighted by atomic mass is 28.4. The van der Waals surface area contributed by atoms with Crippen LogP contribution in [0, 0.1) is 0 Å². The van der Waals surface area contributed by atoms with Crippen LogP contribution in [0.3, 0.4) is 0 Å². The topological polar surface area (TPSA) is 115 Å². The maximum atomic E-state index is 10.5. The molecule has 13 heteroatoms. The first-order chi connectivity index (χ1) is 19.9. The maximum absolute atomic E-state index is 10.5. The molecule has 248 valence electrons. The Hall–Kier alpha value is -0.00623. The van der Waals surface area contributed by atoms with Gasteiger partial charge < -0.3 is 51.2 Å². The first-order valence-electron chi connectivity index (χ1n) is 15.9. The van der Waals surface area contributed by atoms with Gasteiger partial charge in [0.25, 0.3) is 0 Å². The summed E-state index contributed by atoms with van der Waals surface area (Å²) in [6.07, 6.45) is 2.83. The minimum atomic E-state index is -2.67. The summed E-state index contributed by atoms with van der Waals surface area (Å²) >= 11 is 0. The molecule has 11 nitrogen and oxygen atoms in total. The van der Waals surface area contributed by atoms with E-state index in [1.807, 2.05) is 41.5 Å². The van der Waals surface area contributed by atoms with Crippen molar-refractivity contribution < 1.29 is 45.9 Å². The fourth-order valence-electron chi connectivity index (χ4n) is 4.24. The summed E-state index contributed by atoms with van der Waals surface area (Å²) in [6.45, 7) is 20.7. The Labute approximate surface area is 252 Å². The molecule has 0 saturated carbocycles.